The molecule has 1 aromatic rings. The van der Waals surface area contributed by atoms with Gasteiger partial charge in [0.05, 0.1) is 25.0 Å². The third-order valence-corrected chi connectivity index (χ3v) is 3.81. The fourth-order valence-corrected chi connectivity index (χ4v) is 2.35. The molecule has 0 saturated carbocycles. The van der Waals surface area contributed by atoms with E-state index in [0.29, 0.717) is 19.0 Å². The second kappa shape index (κ2) is 6.83. The Morgan fingerprint density at radius 3 is 2.57 bits per heavy atom. The van der Waals surface area contributed by atoms with Crippen LogP contribution in [0.3, 0.4) is 0 Å². The van der Waals surface area contributed by atoms with Gasteiger partial charge in [0.25, 0.3) is 0 Å². The van der Waals surface area contributed by atoms with Crippen molar-refractivity contribution in [3.05, 3.63) is 36.0 Å². The van der Waals surface area contributed by atoms with Gasteiger partial charge < -0.3 is 14.4 Å². The average molecular weight is 317 g/mol. The van der Waals surface area contributed by atoms with E-state index in [1.165, 1.54) is 4.90 Å². The molecule has 2 amide bonds. The van der Waals surface area contributed by atoms with Gasteiger partial charge in [0, 0.05) is 18.8 Å². The highest BCUT2D eigenvalue weighted by Gasteiger charge is 2.37. The number of carbonyl (C=O) groups excluding carboxylic acids is 1. The minimum absolute atomic E-state index is 0.137. The maximum Gasteiger partial charge on any atom is 0.326 e. The van der Waals surface area contributed by atoms with Gasteiger partial charge in [-0.05, 0) is 44.8 Å². The number of rotatable bonds is 4. The Balaban J connectivity index is 2.19. The van der Waals surface area contributed by atoms with E-state index < -0.39 is 0 Å². The lowest BCUT2D eigenvalue weighted by Gasteiger charge is -2.31. The molecule has 6 heteroatoms. The van der Waals surface area contributed by atoms with Crippen molar-refractivity contribution in [2.75, 3.05) is 27.5 Å². The molecule has 23 heavy (non-hydrogen) atoms. The molecular weight excluding hydrogens is 294 g/mol. The van der Waals surface area contributed by atoms with E-state index in [1.807, 2.05) is 38.1 Å². The fraction of sp³-hybridized carbons (Fsp3) is 0.412. The third kappa shape index (κ3) is 3.71. The molecule has 0 aromatic heterocycles. The molecule has 1 saturated heterocycles. The van der Waals surface area contributed by atoms with Crippen molar-refractivity contribution in [2.45, 2.75) is 19.4 Å². The van der Waals surface area contributed by atoms with E-state index in [0.717, 1.165) is 11.3 Å². The topological polar surface area (TPSA) is 54.4 Å². The van der Waals surface area contributed by atoms with Gasteiger partial charge in [0.15, 0.2) is 0 Å². The Morgan fingerprint density at radius 2 is 2.09 bits per heavy atom. The fourth-order valence-electron chi connectivity index (χ4n) is 2.35. The molecule has 0 spiro atoms. The van der Waals surface area contributed by atoms with Crippen LogP contribution in [0, 0.1) is 0 Å². The van der Waals surface area contributed by atoms with Crippen molar-refractivity contribution < 1.29 is 14.3 Å². The SMILES string of the molecule is C=NC(=CN(C)C(=O)N1COCC1(C)C)c1ccc(OC)cc1. The summed E-state index contributed by atoms with van der Waals surface area (Å²) >= 11 is 0. The predicted octanol–water partition coefficient (Wildman–Crippen LogP) is 2.81. The lowest BCUT2D eigenvalue weighted by atomic mass is 10.1. The average Bonchev–Trinajstić information content (AvgIpc) is 2.91. The standard InChI is InChI=1S/C17H23N3O3/c1-17(2)11-23-12-20(17)16(21)19(4)10-15(18-3)13-6-8-14(22-5)9-7-13/h6-10H,3,11-12H2,1-2,4-5H3. The normalized spacial score (nSPS) is 17.0. The minimum atomic E-state index is -0.318. The highest BCUT2D eigenvalue weighted by Crippen LogP contribution is 2.24. The first-order valence-corrected chi connectivity index (χ1v) is 7.34. The number of carbonyl (C=O) groups is 1. The second-order valence-electron chi connectivity index (χ2n) is 6.01. The van der Waals surface area contributed by atoms with Crippen molar-refractivity contribution in [3.63, 3.8) is 0 Å². The number of hydrogen-bond donors (Lipinski definition) is 0. The lowest BCUT2D eigenvalue weighted by molar-refractivity contribution is 0.125. The number of ether oxygens (including phenoxy) is 2. The Hall–Kier alpha value is -2.34. The Bertz CT molecular complexity index is 608. The third-order valence-electron chi connectivity index (χ3n) is 3.81. The van der Waals surface area contributed by atoms with Crippen LogP contribution < -0.4 is 4.74 Å². The summed E-state index contributed by atoms with van der Waals surface area (Å²) in [4.78, 5) is 19.8. The van der Waals surface area contributed by atoms with E-state index in [-0.39, 0.29) is 11.6 Å². The van der Waals surface area contributed by atoms with Crippen molar-refractivity contribution >= 4 is 18.4 Å². The van der Waals surface area contributed by atoms with Crippen LogP contribution in [0.4, 0.5) is 4.79 Å². The molecule has 1 heterocycles. The molecule has 1 aliphatic heterocycles. The van der Waals surface area contributed by atoms with Crippen LogP contribution in [0.1, 0.15) is 19.4 Å². The smallest absolute Gasteiger partial charge is 0.326 e. The zero-order chi connectivity index (χ0) is 17.0. The summed E-state index contributed by atoms with van der Waals surface area (Å²) in [7, 11) is 3.31. The molecule has 1 fully saturated rings. The first kappa shape index (κ1) is 17.0. The van der Waals surface area contributed by atoms with Crippen LogP contribution in [0.15, 0.2) is 35.5 Å². The number of hydrogen-bond acceptors (Lipinski definition) is 4. The van der Waals surface area contributed by atoms with E-state index in [9.17, 15) is 4.79 Å². The molecule has 0 atom stereocenters. The molecule has 0 unspecified atom stereocenters. The van der Waals surface area contributed by atoms with E-state index in [2.05, 4.69) is 11.7 Å². The highest BCUT2D eigenvalue weighted by atomic mass is 16.5. The van der Waals surface area contributed by atoms with Crippen LogP contribution in [0.25, 0.3) is 5.70 Å². The Kier molecular flexibility index (Phi) is 5.05. The van der Waals surface area contributed by atoms with Crippen molar-refractivity contribution in [3.8, 4) is 5.75 Å². The number of aliphatic imine (C=N–C) groups is 1. The number of urea groups is 1. The monoisotopic (exact) mass is 317 g/mol. The van der Waals surface area contributed by atoms with Crippen molar-refractivity contribution in [1.82, 2.24) is 9.80 Å². The van der Waals surface area contributed by atoms with Gasteiger partial charge in [0.1, 0.15) is 12.5 Å². The molecule has 0 aliphatic carbocycles. The summed E-state index contributed by atoms with van der Waals surface area (Å²) in [6, 6.07) is 7.30. The number of nitrogens with zero attached hydrogens (tertiary/aromatic N) is 3. The molecule has 0 bridgehead atoms. The number of benzene rings is 1. The molecule has 124 valence electrons. The maximum atomic E-state index is 12.6. The number of amides is 2. The van der Waals surface area contributed by atoms with Gasteiger partial charge in [0.2, 0.25) is 0 Å². The largest absolute Gasteiger partial charge is 0.497 e. The summed E-state index contributed by atoms with van der Waals surface area (Å²) in [5, 5.41) is 0. The highest BCUT2D eigenvalue weighted by molar-refractivity contribution is 5.79. The molecule has 1 aliphatic rings. The molecular formula is C17H23N3O3. The first-order chi connectivity index (χ1) is 10.9. The molecule has 0 N–H and O–H groups in total. The van der Waals surface area contributed by atoms with Gasteiger partial charge in [-0.2, -0.15) is 0 Å². The van der Waals surface area contributed by atoms with Gasteiger partial charge in [-0.1, -0.05) is 0 Å². The second-order valence-corrected chi connectivity index (χ2v) is 6.01. The lowest BCUT2D eigenvalue weighted by Crippen LogP contribution is -2.48. The molecule has 0 radical (unpaired) electrons. The zero-order valence-electron chi connectivity index (χ0n) is 14.1. The van der Waals surface area contributed by atoms with Crippen LogP contribution in [-0.4, -0.2) is 55.6 Å². The summed E-state index contributed by atoms with van der Waals surface area (Å²) in [5.41, 5.74) is 1.15. The van der Waals surface area contributed by atoms with Crippen LogP contribution >= 0.6 is 0 Å². The molecule has 2 rings (SSSR count). The zero-order valence-corrected chi connectivity index (χ0v) is 14.1. The quantitative estimate of drug-likeness (QED) is 0.802. The van der Waals surface area contributed by atoms with E-state index in [1.54, 1.807) is 25.3 Å². The minimum Gasteiger partial charge on any atom is -0.497 e. The Morgan fingerprint density at radius 1 is 1.43 bits per heavy atom. The van der Waals surface area contributed by atoms with Crippen LogP contribution in [0.5, 0.6) is 5.75 Å². The van der Waals surface area contributed by atoms with Crippen molar-refractivity contribution in [1.29, 1.82) is 0 Å². The maximum absolute atomic E-state index is 12.6. The summed E-state index contributed by atoms with van der Waals surface area (Å²) in [6.07, 6.45) is 1.67. The van der Waals surface area contributed by atoms with E-state index in [4.69, 9.17) is 9.47 Å². The van der Waals surface area contributed by atoms with Gasteiger partial charge in [-0.3, -0.25) is 9.89 Å². The first-order valence-electron chi connectivity index (χ1n) is 7.34. The van der Waals surface area contributed by atoms with Crippen LogP contribution in [-0.2, 0) is 4.74 Å². The van der Waals surface area contributed by atoms with Crippen LogP contribution in [0.2, 0.25) is 0 Å². The van der Waals surface area contributed by atoms with Crippen molar-refractivity contribution in [2.24, 2.45) is 4.99 Å². The summed E-state index contributed by atoms with van der Waals surface area (Å²) in [5.74, 6) is 0.762. The summed E-state index contributed by atoms with van der Waals surface area (Å²) in [6.45, 7) is 8.37. The van der Waals surface area contributed by atoms with E-state index >= 15 is 0 Å². The molecule has 6 nitrogen and oxygen atoms in total. The van der Waals surface area contributed by atoms with Gasteiger partial charge >= 0.3 is 6.03 Å². The number of methoxy groups -OCH3 is 1. The predicted molar refractivity (Wildman–Crippen MR) is 90.4 cm³/mol. The van der Waals surface area contributed by atoms with Gasteiger partial charge in [-0.15, -0.1) is 0 Å². The summed E-state index contributed by atoms with van der Waals surface area (Å²) < 4.78 is 10.5. The Labute approximate surface area is 137 Å². The molecule has 1 aromatic carbocycles. The van der Waals surface area contributed by atoms with Gasteiger partial charge in [-0.25, -0.2) is 4.79 Å².